The number of benzene rings is 1. The Kier molecular flexibility index (Phi) is 7.89. The number of carbonyl (C=O) groups is 1. The number of halogens is 3. The molecule has 1 aromatic carbocycles. The summed E-state index contributed by atoms with van der Waals surface area (Å²) < 4.78 is 44.4. The molecule has 3 rings (SSSR count). The molecule has 0 spiro atoms. The lowest BCUT2D eigenvalue weighted by molar-refractivity contribution is -0.192. The lowest BCUT2D eigenvalue weighted by Gasteiger charge is -2.11. The van der Waals surface area contributed by atoms with Gasteiger partial charge in [-0.25, -0.2) is 14.8 Å². The van der Waals surface area contributed by atoms with Crippen LogP contribution in [0.5, 0.6) is 11.5 Å². The number of fused-ring (bicyclic) bond motifs is 1. The predicted octanol–water partition coefficient (Wildman–Crippen LogP) is 3.10. The normalized spacial score (nSPS) is 11.0. The third-order valence-electron chi connectivity index (χ3n) is 3.63. The minimum absolute atomic E-state index is 0.600. The summed E-state index contributed by atoms with van der Waals surface area (Å²) in [6.45, 7) is 0.600. The van der Waals surface area contributed by atoms with Gasteiger partial charge in [-0.3, -0.25) is 4.40 Å². The summed E-state index contributed by atoms with van der Waals surface area (Å²) in [5.41, 5.74) is 8.25. The van der Waals surface area contributed by atoms with Crippen molar-refractivity contribution in [3.05, 3.63) is 36.7 Å². The van der Waals surface area contributed by atoms with E-state index >= 15 is 0 Å². The van der Waals surface area contributed by atoms with Crippen molar-refractivity contribution in [2.24, 2.45) is 5.73 Å². The summed E-state index contributed by atoms with van der Waals surface area (Å²) in [7, 11) is 3.24. The van der Waals surface area contributed by atoms with E-state index in [2.05, 4.69) is 4.98 Å². The van der Waals surface area contributed by atoms with Crippen LogP contribution >= 0.6 is 11.8 Å². The number of alkyl halides is 3. The third-order valence-corrected chi connectivity index (χ3v) is 4.61. The Bertz CT molecular complexity index is 1010. The monoisotopic (exact) mass is 444 g/mol. The molecule has 0 radical (unpaired) electrons. The molecule has 0 unspecified atom stereocenters. The maximum atomic E-state index is 10.6. The summed E-state index contributed by atoms with van der Waals surface area (Å²) in [5, 5.41) is 8.00. The Morgan fingerprint density at radius 1 is 1.23 bits per heavy atom. The summed E-state index contributed by atoms with van der Waals surface area (Å²) in [4.78, 5) is 18.0. The molecule has 0 amide bonds. The molecule has 0 atom stereocenters. The molecule has 3 aromatic rings. The second-order valence-electron chi connectivity index (χ2n) is 5.59. The Labute approximate surface area is 173 Å². The molecule has 2 aromatic heterocycles. The number of aliphatic carboxylic acids is 1. The van der Waals surface area contributed by atoms with Crippen molar-refractivity contribution in [3.8, 4) is 22.8 Å². The fourth-order valence-electron chi connectivity index (χ4n) is 2.29. The van der Waals surface area contributed by atoms with Crippen molar-refractivity contribution in [2.45, 2.75) is 11.3 Å². The highest BCUT2D eigenvalue weighted by atomic mass is 32.2. The van der Waals surface area contributed by atoms with E-state index in [-0.39, 0.29) is 0 Å². The van der Waals surface area contributed by atoms with E-state index in [0.717, 1.165) is 27.8 Å². The first kappa shape index (κ1) is 23.3. The van der Waals surface area contributed by atoms with Crippen molar-refractivity contribution < 1.29 is 32.5 Å². The van der Waals surface area contributed by atoms with Crippen LogP contribution in [0.4, 0.5) is 13.2 Å². The number of nitrogens with zero attached hydrogens (tertiary/aromatic N) is 3. The lowest BCUT2D eigenvalue weighted by Crippen LogP contribution is -2.21. The molecule has 0 fully saturated rings. The number of carboxylic acid groups (broad SMARTS) is 1. The molecule has 0 saturated heterocycles. The van der Waals surface area contributed by atoms with Crippen LogP contribution in [0, 0.1) is 0 Å². The van der Waals surface area contributed by atoms with Gasteiger partial charge in [-0.2, -0.15) is 13.2 Å². The van der Waals surface area contributed by atoms with Crippen LogP contribution in [0.25, 0.3) is 16.9 Å². The van der Waals surface area contributed by atoms with Crippen LogP contribution in [-0.2, 0) is 4.79 Å². The van der Waals surface area contributed by atoms with Crippen LogP contribution < -0.4 is 15.2 Å². The zero-order valence-electron chi connectivity index (χ0n) is 16.0. The van der Waals surface area contributed by atoms with E-state index in [1.165, 1.54) is 0 Å². The molecule has 8 nitrogen and oxygen atoms in total. The number of imidazole rings is 1. The first-order valence-electron chi connectivity index (χ1n) is 8.40. The van der Waals surface area contributed by atoms with Crippen molar-refractivity contribution in [2.75, 3.05) is 26.5 Å². The van der Waals surface area contributed by atoms with E-state index in [1.807, 2.05) is 34.9 Å². The van der Waals surface area contributed by atoms with Gasteiger partial charge in [0.2, 0.25) is 0 Å². The Balaban J connectivity index is 0.000000396. The van der Waals surface area contributed by atoms with Crippen LogP contribution in [0.1, 0.15) is 0 Å². The van der Waals surface area contributed by atoms with E-state index in [9.17, 15) is 13.2 Å². The third kappa shape index (κ3) is 5.76. The minimum Gasteiger partial charge on any atom is -0.493 e. The molecule has 0 aliphatic heterocycles. The van der Waals surface area contributed by atoms with Gasteiger partial charge in [-0.15, -0.1) is 0 Å². The summed E-state index contributed by atoms with van der Waals surface area (Å²) in [6, 6.07) is 7.70. The SMILES string of the molecule is COc1ccc(-c2cc3nccn3c(SCCN)n2)cc1OC.O=C(O)C(F)(F)F. The van der Waals surface area contributed by atoms with Gasteiger partial charge in [0.25, 0.3) is 0 Å². The van der Waals surface area contributed by atoms with Gasteiger partial charge >= 0.3 is 12.1 Å². The number of ether oxygens (including phenoxy) is 2. The molecule has 0 aliphatic carbocycles. The van der Waals surface area contributed by atoms with Gasteiger partial charge in [0.1, 0.15) is 5.65 Å². The number of hydrogen-bond donors (Lipinski definition) is 2. The summed E-state index contributed by atoms with van der Waals surface area (Å²) in [5.74, 6) is -0.593. The van der Waals surface area contributed by atoms with Gasteiger partial charge in [-0.05, 0) is 18.2 Å². The zero-order valence-corrected chi connectivity index (χ0v) is 16.8. The Hall–Kier alpha value is -2.99. The number of aromatic nitrogens is 3. The number of thioether (sulfide) groups is 1. The molecule has 30 heavy (non-hydrogen) atoms. The largest absolute Gasteiger partial charge is 0.493 e. The summed E-state index contributed by atoms with van der Waals surface area (Å²) in [6.07, 6.45) is -1.42. The van der Waals surface area contributed by atoms with Gasteiger partial charge in [0, 0.05) is 36.3 Å². The smallest absolute Gasteiger partial charge is 0.490 e. The predicted molar refractivity (Wildman–Crippen MR) is 105 cm³/mol. The van der Waals surface area contributed by atoms with E-state index in [1.54, 1.807) is 32.2 Å². The number of hydrogen-bond acceptors (Lipinski definition) is 7. The van der Waals surface area contributed by atoms with Crippen molar-refractivity contribution in [3.63, 3.8) is 0 Å². The fourth-order valence-corrected chi connectivity index (χ4v) is 3.05. The van der Waals surface area contributed by atoms with Crippen molar-refractivity contribution in [1.29, 1.82) is 0 Å². The van der Waals surface area contributed by atoms with E-state index in [4.69, 9.17) is 30.1 Å². The molecule has 0 aliphatic rings. The molecule has 0 bridgehead atoms. The lowest BCUT2D eigenvalue weighted by atomic mass is 10.1. The quantitative estimate of drug-likeness (QED) is 0.441. The Morgan fingerprint density at radius 2 is 1.90 bits per heavy atom. The summed E-state index contributed by atoms with van der Waals surface area (Å²) >= 11 is 1.61. The topological polar surface area (TPSA) is 112 Å². The number of carboxylic acids is 1. The van der Waals surface area contributed by atoms with Crippen molar-refractivity contribution >= 4 is 23.4 Å². The Morgan fingerprint density at radius 3 is 2.47 bits per heavy atom. The van der Waals surface area contributed by atoms with Crippen molar-refractivity contribution in [1.82, 2.24) is 14.4 Å². The van der Waals surface area contributed by atoms with Crippen LogP contribution in [-0.4, -0.2) is 58.1 Å². The molecular formula is C18H19F3N4O4S. The highest BCUT2D eigenvalue weighted by Crippen LogP contribution is 2.32. The molecule has 0 saturated carbocycles. The first-order chi connectivity index (χ1) is 14.2. The van der Waals surface area contributed by atoms with Crippen LogP contribution in [0.3, 0.4) is 0 Å². The van der Waals surface area contributed by atoms with Gasteiger partial charge in [-0.1, -0.05) is 11.8 Å². The minimum atomic E-state index is -5.08. The van der Waals surface area contributed by atoms with E-state index < -0.39 is 12.1 Å². The zero-order chi connectivity index (χ0) is 22.3. The molecule has 3 N–H and O–H groups in total. The maximum absolute atomic E-state index is 10.6. The molecular weight excluding hydrogens is 425 g/mol. The second kappa shape index (κ2) is 10.2. The highest BCUT2D eigenvalue weighted by molar-refractivity contribution is 7.99. The number of methoxy groups -OCH3 is 2. The molecule has 12 heteroatoms. The van der Waals surface area contributed by atoms with Crippen LogP contribution in [0.15, 0.2) is 41.8 Å². The van der Waals surface area contributed by atoms with Gasteiger partial charge < -0.3 is 20.3 Å². The van der Waals surface area contributed by atoms with E-state index in [0.29, 0.717) is 18.0 Å². The van der Waals surface area contributed by atoms with Crippen LogP contribution in [0.2, 0.25) is 0 Å². The number of nitrogens with two attached hydrogens (primary N) is 1. The molecule has 162 valence electrons. The average Bonchev–Trinajstić information content (AvgIpc) is 3.20. The van der Waals surface area contributed by atoms with Gasteiger partial charge in [0.15, 0.2) is 16.7 Å². The second-order valence-corrected chi connectivity index (χ2v) is 6.65. The highest BCUT2D eigenvalue weighted by Gasteiger charge is 2.38. The standard InChI is InChI=1S/C16H18N4O2S.C2HF3O2/c1-21-13-4-3-11(9-14(13)22-2)12-10-15-18-6-7-20(15)16(19-12)23-8-5-17;3-2(4,5)1(6)7/h3-4,6-7,9-10H,5,8,17H2,1-2H3;(H,6,7). The number of rotatable bonds is 6. The molecule has 2 heterocycles. The average molecular weight is 444 g/mol. The first-order valence-corrected chi connectivity index (χ1v) is 9.39. The van der Waals surface area contributed by atoms with Gasteiger partial charge in [0.05, 0.1) is 19.9 Å². The maximum Gasteiger partial charge on any atom is 0.490 e. The fraction of sp³-hybridized carbons (Fsp3) is 0.278.